The average Bonchev–Trinajstić information content (AvgIpc) is 1.97. The van der Waals surface area contributed by atoms with Crippen LogP contribution in [0, 0.1) is 3.57 Å². The molecule has 0 amide bonds. The Kier molecular flexibility index (Phi) is 2.89. The van der Waals surface area contributed by atoms with Gasteiger partial charge in [-0.1, -0.05) is 0 Å². The Morgan fingerprint density at radius 3 is 2.73 bits per heavy atom. The summed E-state index contributed by atoms with van der Waals surface area (Å²) in [6.45, 7) is 0. The number of hydrogen-bond acceptors (Lipinski definition) is 2. The van der Waals surface area contributed by atoms with E-state index in [1.807, 2.05) is 0 Å². The maximum atomic E-state index is 10.3. The van der Waals surface area contributed by atoms with Crippen molar-refractivity contribution in [2.45, 2.75) is 0 Å². The van der Waals surface area contributed by atoms with Crippen LogP contribution in [-0.4, -0.2) is 11.4 Å². The molecule has 1 aromatic carbocycles. The van der Waals surface area contributed by atoms with Crippen LogP contribution >= 0.6 is 38.5 Å². The first kappa shape index (κ1) is 8.99. The number of aromatic hydroxyl groups is 1. The standard InChI is InChI=1S/C7H4BrIO2/c8-5-1-4(3-10)7(11)2-6(5)9/h1-3,11H. The number of halogens is 2. The molecule has 1 rings (SSSR count). The van der Waals surface area contributed by atoms with Gasteiger partial charge in [-0.2, -0.15) is 0 Å². The maximum absolute atomic E-state index is 10.3. The van der Waals surface area contributed by atoms with Crippen molar-refractivity contribution in [2.24, 2.45) is 0 Å². The van der Waals surface area contributed by atoms with E-state index in [9.17, 15) is 4.79 Å². The highest BCUT2D eigenvalue weighted by molar-refractivity contribution is 14.1. The average molecular weight is 327 g/mol. The number of benzene rings is 1. The van der Waals surface area contributed by atoms with Gasteiger partial charge in [-0.25, -0.2) is 0 Å². The Labute approximate surface area is 85.9 Å². The van der Waals surface area contributed by atoms with Crippen LogP contribution in [0.15, 0.2) is 16.6 Å². The Morgan fingerprint density at radius 2 is 2.18 bits per heavy atom. The van der Waals surface area contributed by atoms with E-state index in [4.69, 9.17) is 5.11 Å². The third kappa shape index (κ3) is 1.93. The minimum Gasteiger partial charge on any atom is -0.507 e. The second-order valence-corrected chi connectivity index (χ2v) is 3.96. The fourth-order valence-electron chi connectivity index (χ4n) is 0.646. The van der Waals surface area contributed by atoms with E-state index < -0.39 is 0 Å². The molecule has 0 aliphatic rings. The molecule has 0 aromatic heterocycles. The molecule has 0 spiro atoms. The van der Waals surface area contributed by atoms with Crippen LogP contribution in [0.25, 0.3) is 0 Å². The number of rotatable bonds is 1. The lowest BCUT2D eigenvalue weighted by Gasteiger charge is -1.99. The largest absolute Gasteiger partial charge is 0.507 e. The molecule has 0 radical (unpaired) electrons. The van der Waals surface area contributed by atoms with Crippen molar-refractivity contribution in [2.75, 3.05) is 0 Å². The highest BCUT2D eigenvalue weighted by Crippen LogP contribution is 2.26. The van der Waals surface area contributed by atoms with Crippen LogP contribution in [0.1, 0.15) is 10.4 Å². The summed E-state index contributed by atoms with van der Waals surface area (Å²) in [5.74, 6) is 0.0209. The lowest BCUT2D eigenvalue weighted by atomic mass is 10.2. The molecule has 58 valence electrons. The van der Waals surface area contributed by atoms with Gasteiger partial charge < -0.3 is 5.11 Å². The molecule has 0 unspecified atom stereocenters. The Balaban J connectivity index is 3.31. The molecule has 0 heterocycles. The Hall–Kier alpha value is -0.100. The third-order valence-corrected chi connectivity index (χ3v) is 3.49. The van der Waals surface area contributed by atoms with E-state index in [0.717, 1.165) is 8.04 Å². The van der Waals surface area contributed by atoms with Gasteiger partial charge in [0.2, 0.25) is 0 Å². The summed E-state index contributed by atoms with van der Waals surface area (Å²) in [4.78, 5) is 10.3. The van der Waals surface area contributed by atoms with E-state index in [2.05, 4.69) is 38.5 Å². The van der Waals surface area contributed by atoms with Crippen LogP contribution in [0.4, 0.5) is 0 Å². The molecule has 0 fully saturated rings. The van der Waals surface area contributed by atoms with Crippen LogP contribution in [0.5, 0.6) is 5.75 Å². The van der Waals surface area contributed by atoms with Crippen molar-refractivity contribution in [3.63, 3.8) is 0 Å². The highest BCUT2D eigenvalue weighted by Gasteiger charge is 2.03. The SMILES string of the molecule is O=Cc1cc(Br)c(I)cc1O. The third-order valence-electron chi connectivity index (χ3n) is 1.20. The summed E-state index contributed by atoms with van der Waals surface area (Å²) < 4.78 is 1.70. The second-order valence-electron chi connectivity index (χ2n) is 1.94. The van der Waals surface area contributed by atoms with Gasteiger partial charge in [0, 0.05) is 8.04 Å². The summed E-state index contributed by atoms with van der Waals surface area (Å²) in [5.41, 5.74) is 0.303. The number of carbonyl (C=O) groups is 1. The van der Waals surface area contributed by atoms with Crippen molar-refractivity contribution in [1.82, 2.24) is 0 Å². The molecule has 1 N–H and O–H groups in total. The minimum atomic E-state index is 0.0209. The highest BCUT2D eigenvalue weighted by atomic mass is 127. The van der Waals surface area contributed by atoms with Gasteiger partial charge in [0.15, 0.2) is 6.29 Å². The van der Waals surface area contributed by atoms with Gasteiger partial charge in [0.1, 0.15) is 5.75 Å². The summed E-state index contributed by atoms with van der Waals surface area (Å²) >= 11 is 5.30. The summed E-state index contributed by atoms with van der Waals surface area (Å²) in [6, 6.07) is 3.12. The Bertz CT molecular complexity index is 299. The van der Waals surface area contributed by atoms with Gasteiger partial charge in [-0.05, 0) is 50.7 Å². The van der Waals surface area contributed by atoms with E-state index in [-0.39, 0.29) is 5.75 Å². The minimum absolute atomic E-state index is 0.0209. The van der Waals surface area contributed by atoms with Gasteiger partial charge >= 0.3 is 0 Å². The molecule has 1 aromatic rings. The molecule has 0 aliphatic carbocycles. The molecule has 0 atom stereocenters. The topological polar surface area (TPSA) is 37.3 Å². The normalized spacial score (nSPS) is 9.64. The first-order valence-corrected chi connectivity index (χ1v) is 4.65. The van der Waals surface area contributed by atoms with Crippen LogP contribution < -0.4 is 0 Å². The predicted octanol–water partition coefficient (Wildman–Crippen LogP) is 2.57. The molecule has 0 saturated carbocycles. The number of phenolic OH excluding ortho intramolecular Hbond substituents is 1. The second kappa shape index (κ2) is 3.53. The lowest BCUT2D eigenvalue weighted by molar-refractivity contribution is 0.112. The summed E-state index contributed by atoms with van der Waals surface area (Å²) in [7, 11) is 0. The van der Waals surface area contributed by atoms with E-state index >= 15 is 0 Å². The fraction of sp³-hybridized carbons (Fsp3) is 0. The van der Waals surface area contributed by atoms with Crippen LogP contribution in [-0.2, 0) is 0 Å². The molecule has 0 bridgehead atoms. The zero-order valence-corrected chi connectivity index (χ0v) is 9.09. The summed E-state index contributed by atoms with van der Waals surface area (Å²) in [6.07, 6.45) is 0.621. The van der Waals surface area contributed by atoms with Crippen LogP contribution in [0.3, 0.4) is 0 Å². The van der Waals surface area contributed by atoms with Gasteiger partial charge in [-0.15, -0.1) is 0 Å². The summed E-state index contributed by atoms with van der Waals surface area (Å²) in [5, 5.41) is 9.16. The maximum Gasteiger partial charge on any atom is 0.153 e. The molecule has 4 heteroatoms. The van der Waals surface area contributed by atoms with Crippen LogP contribution in [0.2, 0.25) is 0 Å². The monoisotopic (exact) mass is 326 g/mol. The first-order chi connectivity index (χ1) is 5.15. The van der Waals surface area contributed by atoms with Gasteiger partial charge in [0.25, 0.3) is 0 Å². The number of aldehydes is 1. The number of hydrogen-bond donors (Lipinski definition) is 1. The van der Waals surface area contributed by atoms with Crippen molar-refractivity contribution in [3.8, 4) is 5.75 Å². The molecule has 11 heavy (non-hydrogen) atoms. The number of phenols is 1. The van der Waals surface area contributed by atoms with E-state index in [0.29, 0.717) is 11.8 Å². The van der Waals surface area contributed by atoms with Crippen molar-refractivity contribution in [1.29, 1.82) is 0 Å². The zero-order chi connectivity index (χ0) is 8.43. The fourth-order valence-corrected chi connectivity index (χ4v) is 1.46. The molecular formula is C7H4BrIO2. The molecular weight excluding hydrogens is 323 g/mol. The zero-order valence-electron chi connectivity index (χ0n) is 5.34. The number of carbonyl (C=O) groups excluding carboxylic acids is 1. The van der Waals surface area contributed by atoms with Crippen molar-refractivity contribution in [3.05, 3.63) is 25.7 Å². The predicted molar refractivity (Wildman–Crippen MR) is 53.9 cm³/mol. The lowest BCUT2D eigenvalue weighted by Crippen LogP contribution is -1.83. The van der Waals surface area contributed by atoms with Gasteiger partial charge in [-0.3, -0.25) is 4.79 Å². The smallest absolute Gasteiger partial charge is 0.153 e. The van der Waals surface area contributed by atoms with E-state index in [1.54, 1.807) is 6.07 Å². The van der Waals surface area contributed by atoms with E-state index in [1.165, 1.54) is 6.07 Å². The molecule has 2 nitrogen and oxygen atoms in total. The molecule has 0 aliphatic heterocycles. The Morgan fingerprint density at radius 1 is 1.55 bits per heavy atom. The quantitative estimate of drug-likeness (QED) is 0.636. The van der Waals surface area contributed by atoms with Crippen molar-refractivity contribution >= 4 is 44.8 Å². The van der Waals surface area contributed by atoms with Crippen molar-refractivity contribution < 1.29 is 9.90 Å². The first-order valence-electron chi connectivity index (χ1n) is 2.78. The van der Waals surface area contributed by atoms with Gasteiger partial charge in [0.05, 0.1) is 5.56 Å². The molecule has 0 saturated heterocycles.